The minimum Gasteiger partial charge on any atom is -0.468 e. The molecule has 5 nitrogen and oxygen atoms in total. The van der Waals surface area contributed by atoms with E-state index in [0.29, 0.717) is 13.1 Å². The van der Waals surface area contributed by atoms with Crippen LogP contribution < -0.4 is 4.74 Å². The van der Waals surface area contributed by atoms with Crippen LogP contribution in [0.3, 0.4) is 0 Å². The molecule has 1 saturated heterocycles. The first-order valence-corrected chi connectivity index (χ1v) is 7.42. The van der Waals surface area contributed by atoms with Gasteiger partial charge in [0.15, 0.2) is 6.79 Å². The summed E-state index contributed by atoms with van der Waals surface area (Å²) in [6.45, 7) is 5.46. The van der Waals surface area contributed by atoms with Crippen molar-refractivity contribution in [2.24, 2.45) is 0 Å². The van der Waals surface area contributed by atoms with Crippen LogP contribution in [0.25, 0.3) is 6.08 Å². The predicted octanol–water partition coefficient (Wildman–Crippen LogP) is 2.32. The summed E-state index contributed by atoms with van der Waals surface area (Å²) < 4.78 is 15.8. The Labute approximate surface area is 131 Å². The van der Waals surface area contributed by atoms with Crippen molar-refractivity contribution in [1.29, 1.82) is 0 Å². The Balaban J connectivity index is 1.91. The van der Waals surface area contributed by atoms with Crippen molar-refractivity contribution in [2.45, 2.75) is 26.1 Å². The highest BCUT2D eigenvalue weighted by molar-refractivity contribution is 5.91. The molecule has 0 aromatic heterocycles. The van der Waals surface area contributed by atoms with Gasteiger partial charge in [0.2, 0.25) is 5.91 Å². The molecule has 1 fully saturated rings. The van der Waals surface area contributed by atoms with Crippen molar-refractivity contribution in [3.63, 3.8) is 0 Å². The Morgan fingerprint density at radius 3 is 2.50 bits per heavy atom. The summed E-state index contributed by atoms with van der Waals surface area (Å²) in [4.78, 5) is 14.0. The lowest BCUT2D eigenvalue weighted by Gasteiger charge is -2.34. The van der Waals surface area contributed by atoms with Crippen molar-refractivity contribution in [1.82, 2.24) is 4.90 Å². The van der Waals surface area contributed by atoms with Crippen LogP contribution in [-0.4, -0.2) is 50.0 Å². The van der Waals surface area contributed by atoms with E-state index >= 15 is 0 Å². The summed E-state index contributed by atoms with van der Waals surface area (Å²) in [6, 6.07) is 7.50. The molecule has 0 saturated carbocycles. The van der Waals surface area contributed by atoms with Gasteiger partial charge in [0.05, 0.1) is 12.2 Å². The Hall–Kier alpha value is -1.85. The second-order valence-corrected chi connectivity index (χ2v) is 5.45. The SMILES string of the molecule is COCOc1ccc(/C=C/C(=O)N2CC(C)OC(C)C2)cc1. The molecular weight excluding hydrogens is 282 g/mol. The quantitative estimate of drug-likeness (QED) is 0.619. The van der Waals surface area contributed by atoms with Gasteiger partial charge in [-0.05, 0) is 37.6 Å². The maximum absolute atomic E-state index is 12.2. The van der Waals surface area contributed by atoms with Crippen LogP contribution in [-0.2, 0) is 14.3 Å². The lowest BCUT2D eigenvalue weighted by molar-refractivity contribution is -0.137. The summed E-state index contributed by atoms with van der Waals surface area (Å²) in [6.07, 6.45) is 3.58. The zero-order valence-corrected chi connectivity index (χ0v) is 13.3. The Morgan fingerprint density at radius 1 is 1.27 bits per heavy atom. The molecule has 1 amide bonds. The van der Waals surface area contributed by atoms with Crippen molar-refractivity contribution in [3.05, 3.63) is 35.9 Å². The van der Waals surface area contributed by atoms with Crippen LogP contribution in [0.2, 0.25) is 0 Å². The molecule has 1 heterocycles. The molecule has 0 bridgehead atoms. The second kappa shape index (κ2) is 7.96. The minimum atomic E-state index is 0.0155. The minimum absolute atomic E-state index is 0.0155. The van der Waals surface area contributed by atoms with E-state index in [-0.39, 0.29) is 24.9 Å². The van der Waals surface area contributed by atoms with E-state index in [2.05, 4.69) is 0 Å². The maximum atomic E-state index is 12.2. The van der Waals surface area contributed by atoms with Gasteiger partial charge in [0, 0.05) is 26.3 Å². The molecule has 0 radical (unpaired) electrons. The lowest BCUT2D eigenvalue weighted by atomic mass is 10.2. The number of nitrogens with zero attached hydrogens (tertiary/aromatic N) is 1. The molecule has 2 unspecified atom stereocenters. The molecule has 5 heteroatoms. The molecule has 22 heavy (non-hydrogen) atoms. The Morgan fingerprint density at radius 2 is 1.91 bits per heavy atom. The molecule has 1 aromatic rings. The smallest absolute Gasteiger partial charge is 0.246 e. The summed E-state index contributed by atoms with van der Waals surface area (Å²) >= 11 is 0. The molecular formula is C17H23NO4. The first-order chi connectivity index (χ1) is 10.6. The number of hydrogen-bond acceptors (Lipinski definition) is 4. The third kappa shape index (κ3) is 4.86. The fourth-order valence-electron chi connectivity index (χ4n) is 2.43. The topological polar surface area (TPSA) is 48.0 Å². The number of benzene rings is 1. The van der Waals surface area contributed by atoms with Crippen LogP contribution in [0.15, 0.2) is 30.3 Å². The van der Waals surface area contributed by atoms with Gasteiger partial charge in [-0.2, -0.15) is 0 Å². The van der Waals surface area contributed by atoms with Gasteiger partial charge >= 0.3 is 0 Å². The van der Waals surface area contributed by atoms with Gasteiger partial charge in [-0.25, -0.2) is 0 Å². The van der Waals surface area contributed by atoms with E-state index in [1.54, 1.807) is 13.2 Å². The van der Waals surface area contributed by atoms with Crippen LogP contribution in [0.4, 0.5) is 0 Å². The first kappa shape index (κ1) is 16.5. The van der Waals surface area contributed by atoms with E-state index in [9.17, 15) is 4.79 Å². The van der Waals surface area contributed by atoms with E-state index in [1.807, 2.05) is 49.1 Å². The van der Waals surface area contributed by atoms with Crippen LogP contribution in [0, 0.1) is 0 Å². The van der Waals surface area contributed by atoms with Crippen LogP contribution >= 0.6 is 0 Å². The molecule has 2 rings (SSSR count). The first-order valence-electron chi connectivity index (χ1n) is 7.42. The molecule has 1 aromatic carbocycles. The van der Waals surface area contributed by atoms with Gasteiger partial charge in [0.25, 0.3) is 0 Å². The average molecular weight is 305 g/mol. The lowest BCUT2D eigenvalue weighted by Crippen LogP contribution is -2.47. The molecule has 120 valence electrons. The zero-order chi connectivity index (χ0) is 15.9. The highest BCUT2D eigenvalue weighted by Gasteiger charge is 2.24. The molecule has 0 spiro atoms. The van der Waals surface area contributed by atoms with Gasteiger partial charge in [-0.15, -0.1) is 0 Å². The van der Waals surface area contributed by atoms with E-state index < -0.39 is 0 Å². The van der Waals surface area contributed by atoms with Crippen LogP contribution in [0.5, 0.6) is 5.75 Å². The number of morpholine rings is 1. The highest BCUT2D eigenvalue weighted by Crippen LogP contribution is 2.14. The third-order valence-corrected chi connectivity index (χ3v) is 3.37. The summed E-state index contributed by atoms with van der Waals surface area (Å²) in [5, 5.41) is 0. The van der Waals surface area contributed by atoms with Crippen molar-refractivity contribution in [3.8, 4) is 5.75 Å². The molecule has 0 aliphatic carbocycles. The zero-order valence-electron chi connectivity index (χ0n) is 13.3. The third-order valence-electron chi connectivity index (χ3n) is 3.37. The number of methoxy groups -OCH3 is 1. The fraction of sp³-hybridized carbons (Fsp3) is 0.471. The normalized spacial score (nSPS) is 22.0. The van der Waals surface area contributed by atoms with E-state index in [4.69, 9.17) is 14.2 Å². The van der Waals surface area contributed by atoms with Crippen molar-refractivity contribution in [2.75, 3.05) is 27.0 Å². The number of rotatable bonds is 5. The summed E-state index contributed by atoms with van der Waals surface area (Å²) in [5.41, 5.74) is 0.951. The molecule has 2 atom stereocenters. The fourth-order valence-corrected chi connectivity index (χ4v) is 2.43. The highest BCUT2D eigenvalue weighted by atomic mass is 16.7. The van der Waals surface area contributed by atoms with Crippen molar-refractivity contribution >= 4 is 12.0 Å². The summed E-state index contributed by atoms with van der Waals surface area (Å²) in [7, 11) is 1.58. The Kier molecular flexibility index (Phi) is 5.98. The van der Waals surface area contributed by atoms with E-state index in [1.165, 1.54) is 0 Å². The monoisotopic (exact) mass is 305 g/mol. The largest absolute Gasteiger partial charge is 0.468 e. The summed E-state index contributed by atoms with van der Waals surface area (Å²) in [5.74, 6) is 0.753. The van der Waals surface area contributed by atoms with Gasteiger partial charge in [0.1, 0.15) is 5.75 Å². The Bertz CT molecular complexity index is 502. The number of ether oxygens (including phenoxy) is 3. The molecule has 1 aliphatic heterocycles. The predicted molar refractivity (Wildman–Crippen MR) is 84.6 cm³/mol. The van der Waals surface area contributed by atoms with Crippen LogP contribution in [0.1, 0.15) is 19.4 Å². The number of carbonyl (C=O) groups is 1. The number of carbonyl (C=O) groups excluding carboxylic acids is 1. The maximum Gasteiger partial charge on any atom is 0.246 e. The molecule has 0 N–H and O–H groups in total. The van der Waals surface area contributed by atoms with Gasteiger partial charge in [-0.1, -0.05) is 12.1 Å². The standard InChI is InChI=1S/C17H23NO4/c1-13-10-18(11-14(2)22-13)17(19)9-6-15-4-7-16(8-5-15)21-12-20-3/h4-9,13-14H,10-12H2,1-3H3/b9-6+. The number of amides is 1. The number of hydrogen-bond donors (Lipinski definition) is 0. The van der Waals surface area contributed by atoms with Gasteiger partial charge < -0.3 is 19.1 Å². The van der Waals surface area contributed by atoms with E-state index in [0.717, 1.165) is 11.3 Å². The average Bonchev–Trinajstić information content (AvgIpc) is 2.50. The van der Waals surface area contributed by atoms with Gasteiger partial charge in [-0.3, -0.25) is 4.79 Å². The van der Waals surface area contributed by atoms with Crippen molar-refractivity contribution < 1.29 is 19.0 Å². The molecule has 1 aliphatic rings. The second-order valence-electron chi connectivity index (χ2n) is 5.45.